The molecule has 0 radical (unpaired) electrons. The van der Waals surface area contributed by atoms with Gasteiger partial charge in [-0.05, 0) is 63.8 Å². The van der Waals surface area contributed by atoms with Gasteiger partial charge in [0.1, 0.15) is 12.2 Å². The molecule has 1 amide bonds. The van der Waals surface area contributed by atoms with Crippen LogP contribution in [0.25, 0.3) is 22.8 Å². The van der Waals surface area contributed by atoms with Crippen molar-refractivity contribution in [2.45, 2.75) is 77.7 Å². The number of hydrogen-bond acceptors (Lipinski definition) is 15. The van der Waals surface area contributed by atoms with Crippen molar-refractivity contribution in [3.63, 3.8) is 0 Å². The fraction of sp³-hybridized carbons (Fsp3) is 0.318. The molecule has 4 atom stereocenters. The molecule has 8 rings (SSSR count). The number of aryl methyl sites for hydroxylation is 2. The zero-order chi connectivity index (χ0) is 43.3. The van der Waals surface area contributed by atoms with Crippen molar-refractivity contribution in [2.24, 2.45) is 0 Å². The first-order valence-electron chi connectivity index (χ1n) is 19.6. The van der Waals surface area contributed by atoms with Gasteiger partial charge in [0.15, 0.2) is 0 Å². The molecule has 2 N–H and O–H groups in total. The Hall–Kier alpha value is -7.21. The molecule has 2 aliphatic heterocycles. The third-order valence-corrected chi connectivity index (χ3v) is 9.87. The van der Waals surface area contributed by atoms with E-state index in [9.17, 15) is 9.59 Å². The number of carbonyl (C=O) groups excluding carboxylic acids is 1. The fourth-order valence-electron chi connectivity index (χ4n) is 6.66. The molecule has 2 aliphatic rings. The van der Waals surface area contributed by atoms with Gasteiger partial charge in [-0.1, -0.05) is 46.7 Å². The van der Waals surface area contributed by atoms with Crippen molar-refractivity contribution in [2.75, 3.05) is 13.1 Å². The minimum absolute atomic E-state index is 0. The van der Waals surface area contributed by atoms with Crippen molar-refractivity contribution >= 4 is 24.3 Å². The maximum atomic E-state index is 13.4. The van der Waals surface area contributed by atoms with Gasteiger partial charge in [-0.15, -0.1) is 12.4 Å². The van der Waals surface area contributed by atoms with E-state index in [4.69, 9.17) is 34.2 Å². The Morgan fingerprint density at radius 2 is 1.27 bits per heavy atom. The lowest BCUT2D eigenvalue weighted by Crippen LogP contribution is -2.49. The zero-order valence-corrected chi connectivity index (χ0v) is 35.3. The Morgan fingerprint density at radius 1 is 0.758 bits per heavy atom. The number of carboxylic acids is 1. The van der Waals surface area contributed by atoms with Gasteiger partial charge in [-0.25, -0.2) is 14.8 Å². The summed E-state index contributed by atoms with van der Waals surface area (Å²) in [6, 6.07) is 25.2. The van der Waals surface area contributed by atoms with Crippen LogP contribution >= 0.6 is 12.4 Å². The summed E-state index contributed by atoms with van der Waals surface area (Å²) in [5.41, 5.74) is 2.86. The van der Waals surface area contributed by atoms with E-state index in [0.717, 1.165) is 32.2 Å². The molecular formula is C44H45ClN10O7. The van der Waals surface area contributed by atoms with Crippen LogP contribution in [-0.4, -0.2) is 89.5 Å². The van der Waals surface area contributed by atoms with Gasteiger partial charge in [-0.2, -0.15) is 20.5 Å². The second-order valence-corrected chi connectivity index (χ2v) is 14.4. The van der Waals surface area contributed by atoms with E-state index >= 15 is 0 Å². The highest BCUT2D eigenvalue weighted by molar-refractivity contribution is 6.00. The van der Waals surface area contributed by atoms with Crippen LogP contribution < -0.4 is 14.8 Å². The van der Waals surface area contributed by atoms with Crippen LogP contribution in [0.4, 0.5) is 0 Å². The van der Waals surface area contributed by atoms with Gasteiger partial charge in [0.05, 0.1) is 40.9 Å². The quantitative estimate of drug-likeness (QED) is 0.156. The molecule has 17 nitrogen and oxygen atoms in total. The van der Waals surface area contributed by atoms with Crippen LogP contribution in [0, 0.1) is 36.5 Å². The molecule has 2 fully saturated rings. The highest BCUT2D eigenvalue weighted by Gasteiger charge is 2.32. The number of carbonyl (C=O) groups is 2. The van der Waals surface area contributed by atoms with Crippen molar-refractivity contribution in [1.82, 2.24) is 40.5 Å². The predicted molar refractivity (Wildman–Crippen MR) is 226 cm³/mol. The zero-order valence-electron chi connectivity index (χ0n) is 34.5. The number of aromatic nitrogens is 6. The van der Waals surface area contributed by atoms with Crippen LogP contribution in [0.3, 0.4) is 0 Å². The number of piperidine rings is 2. The second kappa shape index (κ2) is 21.9. The summed E-state index contributed by atoms with van der Waals surface area (Å²) in [6.45, 7) is 8.84. The number of benzene rings is 2. The van der Waals surface area contributed by atoms with Gasteiger partial charge >= 0.3 is 5.97 Å². The number of nitriles is 2. The van der Waals surface area contributed by atoms with Crippen LogP contribution in [0.2, 0.25) is 0 Å². The van der Waals surface area contributed by atoms with E-state index in [2.05, 4.69) is 54.6 Å². The van der Waals surface area contributed by atoms with Crippen molar-refractivity contribution in [3.05, 3.63) is 119 Å². The molecule has 0 aliphatic carbocycles. The van der Waals surface area contributed by atoms with Gasteiger partial charge in [-0.3, -0.25) is 4.79 Å². The monoisotopic (exact) mass is 860 g/mol. The summed E-state index contributed by atoms with van der Waals surface area (Å²) in [4.78, 5) is 42.7. The van der Waals surface area contributed by atoms with E-state index < -0.39 is 5.97 Å². The van der Waals surface area contributed by atoms with Crippen LogP contribution in [0.5, 0.6) is 11.8 Å². The predicted octanol–water partition coefficient (Wildman–Crippen LogP) is 7.02. The average molecular weight is 861 g/mol. The minimum atomic E-state index is -1.01. The molecule has 0 unspecified atom stereocenters. The van der Waals surface area contributed by atoms with E-state index in [-0.39, 0.29) is 42.1 Å². The third-order valence-electron chi connectivity index (χ3n) is 9.87. The summed E-state index contributed by atoms with van der Waals surface area (Å²) in [7, 11) is 0. The summed E-state index contributed by atoms with van der Waals surface area (Å²) < 4.78 is 21.6. The SMILES string of the molecule is C[C@@H]1CC[C@@H](Oc2cc(C#N)ccn2)CN1.Cc1nc(-c2ccccc2C(=O)N2C[C@H](Oc3cc(C#N)ccn3)CC[C@H]2C)no1.Cc1nc(-c2ccccc2C(=O)O)no1.Cl. The molecule has 320 valence electrons. The summed E-state index contributed by atoms with van der Waals surface area (Å²) in [5.74, 6) is 1.37. The normalized spacial score (nSPS) is 17.9. The third kappa shape index (κ3) is 12.2. The van der Waals surface area contributed by atoms with Crippen LogP contribution in [-0.2, 0) is 0 Å². The number of hydrogen-bond donors (Lipinski definition) is 2. The van der Waals surface area contributed by atoms with Crippen molar-refractivity contribution in [1.29, 1.82) is 10.5 Å². The Morgan fingerprint density at radius 3 is 1.77 bits per heavy atom. The van der Waals surface area contributed by atoms with Gasteiger partial charge in [0.25, 0.3) is 5.91 Å². The molecule has 0 saturated carbocycles. The highest BCUT2D eigenvalue weighted by atomic mass is 35.5. The van der Waals surface area contributed by atoms with Crippen molar-refractivity contribution < 1.29 is 33.2 Å². The number of rotatable bonds is 8. The van der Waals surface area contributed by atoms with Crippen molar-refractivity contribution in [3.8, 4) is 46.7 Å². The van der Waals surface area contributed by atoms with E-state index in [0.29, 0.717) is 75.6 Å². The molecule has 18 heteroatoms. The minimum Gasteiger partial charge on any atom is -0.478 e. The number of carboxylic acid groups (broad SMARTS) is 1. The molecular weight excluding hydrogens is 816 g/mol. The Kier molecular flexibility index (Phi) is 16.2. The molecule has 62 heavy (non-hydrogen) atoms. The van der Waals surface area contributed by atoms with E-state index in [1.54, 1.807) is 74.8 Å². The fourth-order valence-corrected chi connectivity index (χ4v) is 6.66. The average Bonchev–Trinajstić information content (AvgIpc) is 3.93. The number of ether oxygens (including phenoxy) is 2. The first kappa shape index (κ1) is 45.9. The molecule has 0 spiro atoms. The maximum absolute atomic E-state index is 13.4. The van der Waals surface area contributed by atoms with Gasteiger partial charge in [0.2, 0.25) is 35.2 Å². The number of nitrogens with one attached hydrogen (secondary N) is 1. The topological polar surface area (TPSA) is 239 Å². The van der Waals surface area contributed by atoms with E-state index in [1.807, 2.05) is 30.0 Å². The highest BCUT2D eigenvalue weighted by Crippen LogP contribution is 2.28. The lowest BCUT2D eigenvalue weighted by Gasteiger charge is -2.38. The lowest BCUT2D eigenvalue weighted by atomic mass is 9.98. The molecule has 2 saturated heterocycles. The van der Waals surface area contributed by atoms with E-state index in [1.165, 1.54) is 6.07 Å². The number of pyridine rings is 2. The first-order chi connectivity index (χ1) is 29.5. The molecule has 4 aromatic heterocycles. The second-order valence-electron chi connectivity index (χ2n) is 14.4. The maximum Gasteiger partial charge on any atom is 0.336 e. The lowest BCUT2D eigenvalue weighted by molar-refractivity contribution is 0.0373. The largest absolute Gasteiger partial charge is 0.478 e. The molecule has 6 aromatic rings. The van der Waals surface area contributed by atoms with Crippen LogP contribution in [0.15, 0.2) is 94.2 Å². The number of amides is 1. The van der Waals surface area contributed by atoms with Gasteiger partial charge in [0, 0.05) is 68.1 Å². The standard InChI is InChI=1S/C22H21N5O3.C12H15N3O.C10H8N2O3.ClH/c1-14-7-8-17(29-20-11-16(12-23)9-10-24-20)13-27(14)22(28)19-6-4-3-5-18(19)21-25-15(2)30-26-21;1-9-2-3-11(8-15-9)16-12-6-10(7-13)4-5-14-12;1-6-11-9(12-15-6)7-4-2-3-5-8(7)10(13)14;/h3-6,9-11,14,17H,7-8,13H2,1-2H3;4-6,9,11,15H,2-3,8H2,1H3;2-5H,1H3,(H,13,14);1H/t14-,17-;9-,11-;;/m11../s1. The Labute approximate surface area is 364 Å². The number of halogens is 1. The first-order valence-corrected chi connectivity index (χ1v) is 19.6. The summed E-state index contributed by atoms with van der Waals surface area (Å²) >= 11 is 0. The number of aromatic carboxylic acids is 1. The smallest absolute Gasteiger partial charge is 0.336 e. The number of nitrogens with zero attached hydrogens (tertiary/aromatic N) is 9. The summed E-state index contributed by atoms with van der Waals surface area (Å²) in [5, 5.41) is 37.8. The van der Waals surface area contributed by atoms with Crippen LogP contribution in [0.1, 0.15) is 83.2 Å². The van der Waals surface area contributed by atoms with Gasteiger partial charge < -0.3 is 33.8 Å². The number of likely N-dealkylation sites (tertiary alicyclic amines) is 1. The Bertz CT molecular complexity index is 2530. The summed E-state index contributed by atoms with van der Waals surface area (Å²) in [6.07, 6.45) is 6.86. The molecule has 0 bridgehead atoms. The molecule has 6 heterocycles. The Balaban J connectivity index is 0.000000192. The molecule has 2 aromatic carbocycles.